The van der Waals surface area contributed by atoms with Crippen molar-refractivity contribution in [2.24, 2.45) is 11.8 Å². The second-order valence-corrected chi connectivity index (χ2v) is 7.70. The quantitative estimate of drug-likeness (QED) is 0.562. The van der Waals surface area contributed by atoms with Crippen LogP contribution in [0.5, 0.6) is 5.75 Å². The number of methoxy groups -OCH3 is 1. The zero-order chi connectivity index (χ0) is 19.8. The molecule has 1 aromatic rings. The number of aliphatic hydroxyl groups is 1. The summed E-state index contributed by atoms with van der Waals surface area (Å²) in [4.78, 5) is 4.85. The molecule has 2 unspecified atom stereocenters. The number of rotatable bonds is 11. The molecule has 0 bridgehead atoms. The lowest BCUT2D eigenvalue weighted by atomic mass is 10.0. The maximum Gasteiger partial charge on any atom is 0.119 e. The van der Waals surface area contributed by atoms with Crippen LogP contribution in [0, 0.1) is 23.2 Å². The van der Waals surface area contributed by atoms with Crippen LogP contribution in [0.15, 0.2) is 24.3 Å². The number of hydrogen-bond acceptors (Lipinski definition) is 7. The SMILES string of the molecule is COCCOCCN1CC2CN(C[C@H](O)COc3ccc(C#N)cc3)CC2C1. The van der Waals surface area contributed by atoms with Gasteiger partial charge in [-0.3, -0.25) is 4.90 Å². The molecule has 7 heteroatoms. The first-order chi connectivity index (χ1) is 13.7. The van der Waals surface area contributed by atoms with Crippen LogP contribution < -0.4 is 4.74 Å². The molecule has 1 aromatic carbocycles. The second-order valence-electron chi connectivity index (χ2n) is 7.70. The van der Waals surface area contributed by atoms with Crippen LogP contribution in [0.4, 0.5) is 0 Å². The van der Waals surface area contributed by atoms with Crippen molar-refractivity contribution in [2.75, 3.05) is 72.8 Å². The van der Waals surface area contributed by atoms with Crippen LogP contribution in [-0.4, -0.2) is 93.8 Å². The Morgan fingerprint density at radius 3 is 2.39 bits per heavy atom. The average molecular weight is 389 g/mol. The van der Waals surface area contributed by atoms with E-state index in [1.165, 1.54) is 0 Å². The predicted molar refractivity (Wildman–Crippen MR) is 105 cm³/mol. The van der Waals surface area contributed by atoms with Gasteiger partial charge in [-0.05, 0) is 36.1 Å². The largest absolute Gasteiger partial charge is 0.491 e. The number of nitriles is 1. The fourth-order valence-electron chi connectivity index (χ4n) is 4.13. The van der Waals surface area contributed by atoms with Gasteiger partial charge < -0.3 is 24.2 Å². The van der Waals surface area contributed by atoms with Gasteiger partial charge in [0.1, 0.15) is 18.5 Å². The molecule has 0 radical (unpaired) electrons. The van der Waals surface area contributed by atoms with E-state index >= 15 is 0 Å². The standard InChI is InChI=1S/C21H31N3O4/c1-26-8-9-27-7-6-23-11-18-13-24(14-19(18)12-23)15-20(25)16-28-21-4-2-17(10-22)3-5-21/h2-5,18-20,25H,6-9,11-16H2,1H3/t18?,19?,20-/m0/s1. The Bertz CT molecular complexity index is 620. The van der Waals surface area contributed by atoms with Crippen molar-refractivity contribution >= 4 is 0 Å². The molecule has 3 atom stereocenters. The van der Waals surface area contributed by atoms with Crippen molar-refractivity contribution in [1.29, 1.82) is 5.26 Å². The average Bonchev–Trinajstić information content (AvgIpc) is 3.24. The van der Waals surface area contributed by atoms with Crippen molar-refractivity contribution in [1.82, 2.24) is 9.80 Å². The van der Waals surface area contributed by atoms with Crippen LogP contribution in [0.1, 0.15) is 5.56 Å². The highest BCUT2D eigenvalue weighted by Gasteiger charge is 2.39. The van der Waals surface area contributed by atoms with Crippen molar-refractivity contribution < 1.29 is 19.3 Å². The second kappa shape index (κ2) is 10.7. The molecular weight excluding hydrogens is 358 g/mol. The predicted octanol–water partition coefficient (Wildman–Crippen LogP) is 0.825. The van der Waals surface area contributed by atoms with E-state index in [0.717, 1.165) is 39.3 Å². The van der Waals surface area contributed by atoms with Gasteiger partial charge in [-0.1, -0.05) is 0 Å². The van der Waals surface area contributed by atoms with Crippen LogP contribution in [-0.2, 0) is 9.47 Å². The van der Waals surface area contributed by atoms with Crippen molar-refractivity contribution in [2.45, 2.75) is 6.10 Å². The zero-order valence-corrected chi connectivity index (χ0v) is 16.6. The highest BCUT2D eigenvalue weighted by molar-refractivity contribution is 5.34. The zero-order valence-electron chi connectivity index (χ0n) is 16.6. The van der Waals surface area contributed by atoms with Crippen LogP contribution in [0.3, 0.4) is 0 Å². The Kier molecular flexibility index (Phi) is 8.07. The number of hydrogen-bond donors (Lipinski definition) is 1. The van der Waals surface area contributed by atoms with Gasteiger partial charge in [-0.15, -0.1) is 0 Å². The van der Waals surface area contributed by atoms with Gasteiger partial charge >= 0.3 is 0 Å². The van der Waals surface area contributed by atoms with E-state index in [0.29, 0.717) is 42.9 Å². The molecule has 154 valence electrons. The summed E-state index contributed by atoms with van der Waals surface area (Å²) < 4.78 is 16.2. The molecule has 3 rings (SSSR count). The summed E-state index contributed by atoms with van der Waals surface area (Å²) in [6, 6.07) is 9.05. The highest BCUT2D eigenvalue weighted by Crippen LogP contribution is 2.30. The van der Waals surface area contributed by atoms with Gasteiger partial charge in [0, 0.05) is 46.4 Å². The molecule has 0 aromatic heterocycles. The molecule has 0 amide bonds. The van der Waals surface area contributed by atoms with E-state index in [9.17, 15) is 5.11 Å². The molecule has 7 nitrogen and oxygen atoms in total. The van der Waals surface area contributed by atoms with Crippen molar-refractivity contribution in [3.63, 3.8) is 0 Å². The summed E-state index contributed by atoms with van der Waals surface area (Å²) in [6.07, 6.45) is -0.514. The summed E-state index contributed by atoms with van der Waals surface area (Å²) in [6.45, 7) is 8.28. The molecular formula is C21H31N3O4. The maximum atomic E-state index is 10.3. The normalized spacial score (nSPS) is 23.5. The molecule has 28 heavy (non-hydrogen) atoms. The van der Waals surface area contributed by atoms with Gasteiger partial charge in [0.2, 0.25) is 0 Å². The Hall–Kier alpha value is -1.69. The van der Waals surface area contributed by atoms with Crippen LogP contribution in [0.25, 0.3) is 0 Å². The van der Waals surface area contributed by atoms with E-state index in [4.69, 9.17) is 19.5 Å². The van der Waals surface area contributed by atoms with E-state index in [2.05, 4.69) is 15.9 Å². The van der Waals surface area contributed by atoms with Crippen molar-refractivity contribution in [3.8, 4) is 11.8 Å². The molecule has 2 aliphatic rings. The molecule has 0 saturated carbocycles. The lowest BCUT2D eigenvalue weighted by molar-refractivity contribution is 0.0566. The monoisotopic (exact) mass is 389 g/mol. The number of aliphatic hydroxyl groups excluding tert-OH is 1. The number of benzene rings is 1. The third kappa shape index (κ3) is 6.16. The number of ether oxygens (including phenoxy) is 3. The first-order valence-electron chi connectivity index (χ1n) is 10.0. The van der Waals surface area contributed by atoms with E-state index < -0.39 is 6.10 Å². The van der Waals surface area contributed by atoms with Crippen molar-refractivity contribution in [3.05, 3.63) is 29.8 Å². The highest BCUT2D eigenvalue weighted by atomic mass is 16.5. The van der Waals surface area contributed by atoms with Crippen LogP contribution in [0.2, 0.25) is 0 Å². The van der Waals surface area contributed by atoms with Gasteiger partial charge in [-0.2, -0.15) is 5.26 Å². The Labute approximate surface area is 167 Å². The Balaban J connectivity index is 1.30. The lowest BCUT2D eigenvalue weighted by Gasteiger charge is -2.23. The van der Waals surface area contributed by atoms with E-state index in [1.54, 1.807) is 31.4 Å². The fraction of sp³-hybridized carbons (Fsp3) is 0.667. The van der Waals surface area contributed by atoms with Crippen LogP contribution >= 0.6 is 0 Å². The molecule has 2 heterocycles. The molecule has 1 N–H and O–H groups in total. The maximum absolute atomic E-state index is 10.3. The molecule has 2 saturated heterocycles. The Morgan fingerprint density at radius 1 is 1.07 bits per heavy atom. The third-order valence-corrected chi connectivity index (χ3v) is 5.52. The van der Waals surface area contributed by atoms with E-state index in [1.807, 2.05) is 0 Å². The van der Waals surface area contributed by atoms with Gasteiger partial charge in [0.15, 0.2) is 0 Å². The number of nitrogens with zero attached hydrogens (tertiary/aromatic N) is 3. The van der Waals surface area contributed by atoms with Gasteiger partial charge in [-0.25, -0.2) is 0 Å². The molecule has 0 spiro atoms. The van der Waals surface area contributed by atoms with Gasteiger partial charge in [0.05, 0.1) is 31.5 Å². The first-order valence-corrected chi connectivity index (χ1v) is 10.0. The summed E-state index contributed by atoms with van der Waals surface area (Å²) in [7, 11) is 1.69. The summed E-state index contributed by atoms with van der Waals surface area (Å²) in [5.41, 5.74) is 0.604. The minimum Gasteiger partial charge on any atom is -0.491 e. The lowest BCUT2D eigenvalue weighted by Crippen LogP contribution is -2.37. The Morgan fingerprint density at radius 2 is 1.75 bits per heavy atom. The summed E-state index contributed by atoms with van der Waals surface area (Å²) in [5, 5.41) is 19.1. The molecule has 0 aliphatic carbocycles. The van der Waals surface area contributed by atoms with E-state index in [-0.39, 0.29) is 6.61 Å². The summed E-state index contributed by atoms with van der Waals surface area (Å²) in [5.74, 6) is 2.05. The number of β-amino-alcohol motifs (C(OH)–C–C–N with tert-alkyl or cyclic N) is 1. The topological polar surface area (TPSA) is 78.2 Å². The minimum atomic E-state index is -0.514. The smallest absolute Gasteiger partial charge is 0.119 e. The number of fused-ring (bicyclic) bond motifs is 1. The summed E-state index contributed by atoms with van der Waals surface area (Å²) >= 11 is 0. The third-order valence-electron chi connectivity index (χ3n) is 5.52. The molecule has 2 fully saturated rings. The molecule has 2 aliphatic heterocycles. The van der Waals surface area contributed by atoms with Gasteiger partial charge in [0.25, 0.3) is 0 Å². The minimum absolute atomic E-state index is 0.267. The first kappa shape index (κ1) is 21.0. The number of likely N-dealkylation sites (tertiary alicyclic amines) is 2. The fourth-order valence-corrected chi connectivity index (χ4v) is 4.13.